The van der Waals surface area contributed by atoms with Crippen molar-refractivity contribution in [2.75, 3.05) is 18.9 Å². The van der Waals surface area contributed by atoms with Crippen LogP contribution in [0, 0.1) is 0 Å². The summed E-state index contributed by atoms with van der Waals surface area (Å²) in [4.78, 5) is 40.1. The van der Waals surface area contributed by atoms with Gasteiger partial charge in [0.2, 0.25) is 11.8 Å². The van der Waals surface area contributed by atoms with E-state index in [1.165, 1.54) is 4.90 Å². The molecule has 2 aromatic rings. The van der Waals surface area contributed by atoms with Crippen molar-refractivity contribution >= 4 is 27.4 Å². The summed E-state index contributed by atoms with van der Waals surface area (Å²) in [5.74, 6) is -2.02. The van der Waals surface area contributed by atoms with Crippen molar-refractivity contribution in [1.82, 2.24) is 10.2 Å². The first kappa shape index (κ1) is 24.1. The minimum atomic E-state index is -3.75. The topological polar surface area (TPSA) is 110 Å². The van der Waals surface area contributed by atoms with Crippen molar-refractivity contribution in [3.8, 4) is 0 Å². The highest BCUT2D eigenvalue weighted by Gasteiger charge is 2.46. The fourth-order valence-electron chi connectivity index (χ4n) is 4.58. The summed E-state index contributed by atoms with van der Waals surface area (Å²) in [5.41, 5.74) is 1.34. The first-order chi connectivity index (χ1) is 16.3. The number of nitrogens with zero attached hydrogens (tertiary/aromatic N) is 1. The molecule has 8 nitrogen and oxygen atoms in total. The first-order valence-electron chi connectivity index (χ1n) is 11.3. The molecule has 0 saturated carbocycles. The molecule has 2 heterocycles. The van der Waals surface area contributed by atoms with Crippen LogP contribution in [0.2, 0.25) is 0 Å². The van der Waals surface area contributed by atoms with E-state index in [4.69, 9.17) is 4.74 Å². The number of likely N-dealkylation sites (tertiary alicyclic amines) is 1. The predicted molar refractivity (Wildman–Crippen MR) is 125 cm³/mol. The number of amides is 2. The number of rotatable bonds is 8. The van der Waals surface area contributed by atoms with Crippen LogP contribution in [-0.2, 0) is 41.1 Å². The maximum absolute atomic E-state index is 13.5. The predicted octanol–water partition coefficient (Wildman–Crippen LogP) is 1.29. The molecule has 3 unspecified atom stereocenters. The zero-order chi connectivity index (χ0) is 24.1. The zero-order valence-electron chi connectivity index (χ0n) is 18.8. The van der Waals surface area contributed by atoms with Crippen LogP contribution in [-0.4, -0.2) is 68.0 Å². The van der Waals surface area contributed by atoms with Gasteiger partial charge in [0.25, 0.3) is 0 Å². The Balaban J connectivity index is 1.54. The average molecular weight is 485 g/mol. The maximum Gasteiger partial charge on any atom is 0.246 e. The van der Waals surface area contributed by atoms with E-state index in [9.17, 15) is 22.8 Å². The molecule has 2 saturated heterocycles. The number of benzene rings is 2. The number of carbonyl (C=O) groups excluding carboxylic acids is 3. The Labute approximate surface area is 199 Å². The van der Waals surface area contributed by atoms with Gasteiger partial charge < -0.3 is 15.0 Å². The Kier molecular flexibility index (Phi) is 7.43. The third kappa shape index (κ3) is 5.90. The number of sulfone groups is 1. The van der Waals surface area contributed by atoms with Crippen molar-refractivity contribution in [1.29, 1.82) is 0 Å². The van der Waals surface area contributed by atoms with Crippen LogP contribution < -0.4 is 5.32 Å². The number of fused-ring (bicyclic) bond motifs is 1. The fraction of sp³-hybridized carbons (Fsp3) is 0.400. The van der Waals surface area contributed by atoms with E-state index in [0.29, 0.717) is 24.9 Å². The molecular weight excluding hydrogens is 456 g/mol. The van der Waals surface area contributed by atoms with Gasteiger partial charge in [-0.15, -0.1) is 0 Å². The second kappa shape index (κ2) is 10.5. The number of ketones is 1. The molecule has 180 valence electrons. The second-order valence-electron chi connectivity index (χ2n) is 8.76. The lowest BCUT2D eigenvalue weighted by Gasteiger charge is -2.37. The van der Waals surface area contributed by atoms with Gasteiger partial charge in [0, 0.05) is 6.54 Å². The Hall–Kier alpha value is -3.04. The standard InChI is InChI=1S/C25H28N2O6S/c28-21-15-33-22-12-7-13-27(24(21)22)25(30)20(26-23(29)14-18-8-3-1-4-9-18)17-34(31,32)16-19-10-5-2-6-11-19/h1-6,8-11,20,22,24H,7,12-17H2,(H,26,29). The molecule has 2 aliphatic rings. The van der Waals surface area contributed by atoms with Gasteiger partial charge in [-0.3, -0.25) is 14.4 Å². The van der Waals surface area contributed by atoms with Crippen molar-refractivity contribution < 1.29 is 27.5 Å². The third-order valence-electron chi connectivity index (χ3n) is 6.12. The van der Waals surface area contributed by atoms with Gasteiger partial charge in [-0.25, -0.2) is 8.42 Å². The Morgan fingerprint density at radius 2 is 1.68 bits per heavy atom. The lowest BCUT2D eigenvalue weighted by Crippen LogP contribution is -2.59. The summed E-state index contributed by atoms with van der Waals surface area (Å²) >= 11 is 0. The largest absolute Gasteiger partial charge is 0.368 e. The summed E-state index contributed by atoms with van der Waals surface area (Å²) < 4.78 is 31.6. The number of carbonyl (C=O) groups is 3. The highest BCUT2D eigenvalue weighted by atomic mass is 32.2. The monoisotopic (exact) mass is 484 g/mol. The Morgan fingerprint density at radius 1 is 1.03 bits per heavy atom. The van der Waals surface area contributed by atoms with E-state index >= 15 is 0 Å². The van der Waals surface area contributed by atoms with Crippen LogP contribution in [0.3, 0.4) is 0 Å². The molecule has 2 amide bonds. The van der Waals surface area contributed by atoms with Gasteiger partial charge in [0.05, 0.1) is 24.0 Å². The maximum atomic E-state index is 13.5. The van der Waals surface area contributed by atoms with Crippen LogP contribution >= 0.6 is 0 Å². The molecule has 0 bridgehead atoms. The molecule has 2 aliphatic heterocycles. The summed E-state index contributed by atoms with van der Waals surface area (Å²) in [6.45, 7) is 0.259. The molecule has 34 heavy (non-hydrogen) atoms. The van der Waals surface area contributed by atoms with Crippen LogP contribution in [0.1, 0.15) is 24.0 Å². The molecule has 9 heteroatoms. The quantitative estimate of drug-likeness (QED) is 0.605. The van der Waals surface area contributed by atoms with Crippen LogP contribution in [0.15, 0.2) is 60.7 Å². The minimum absolute atomic E-state index is 0.0114. The van der Waals surface area contributed by atoms with E-state index < -0.39 is 39.5 Å². The number of piperidine rings is 1. The highest BCUT2D eigenvalue weighted by Crippen LogP contribution is 2.27. The third-order valence-corrected chi connectivity index (χ3v) is 7.73. The van der Waals surface area contributed by atoms with Crippen LogP contribution in [0.25, 0.3) is 0 Å². The Morgan fingerprint density at radius 3 is 2.35 bits per heavy atom. The van der Waals surface area contributed by atoms with Gasteiger partial charge >= 0.3 is 0 Å². The van der Waals surface area contributed by atoms with Gasteiger partial charge in [-0.05, 0) is 24.0 Å². The minimum Gasteiger partial charge on any atom is -0.368 e. The van der Waals surface area contributed by atoms with E-state index in [2.05, 4.69) is 5.32 Å². The molecule has 0 aromatic heterocycles. The summed E-state index contributed by atoms with van der Waals surface area (Å²) in [6.07, 6.45) is 0.933. The Bertz CT molecular complexity index is 1140. The fourth-order valence-corrected chi connectivity index (χ4v) is 6.13. The average Bonchev–Trinajstić information content (AvgIpc) is 3.20. The molecule has 1 N–H and O–H groups in total. The lowest BCUT2D eigenvalue weighted by molar-refractivity contribution is -0.143. The van der Waals surface area contributed by atoms with Crippen molar-refractivity contribution in [3.63, 3.8) is 0 Å². The summed E-state index contributed by atoms with van der Waals surface area (Å²) in [6, 6.07) is 15.7. The second-order valence-corrected chi connectivity index (χ2v) is 10.9. The summed E-state index contributed by atoms with van der Waals surface area (Å²) in [7, 11) is -3.75. The number of Topliss-reactive ketones (excluding diaryl/α,β-unsaturated/α-hetero) is 1. The highest BCUT2D eigenvalue weighted by molar-refractivity contribution is 7.90. The first-order valence-corrected chi connectivity index (χ1v) is 13.2. The van der Waals surface area contributed by atoms with E-state index in [1.54, 1.807) is 54.6 Å². The molecule has 4 rings (SSSR count). The van der Waals surface area contributed by atoms with Crippen molar-refractivity contribution in [3.05, 3.63) is 71.8 Å². The number of nitrogens with one attached hydrogen (secondary N) is 1. The van der Waals surface area contributed by atoms with Crippen molar-refractivity contribution in [2.24, 2.45) is 0 Å². The molecule has 0 radical (unpaired) electrons. The van der Waals surface area contributed by atoms with Crippen molar-refractivity contribution in [2.45, 2.75) is 43.2 Å². The van der Waals surface area contributed by atoms with E-state index in [0.717, 1.165) is 5.56 Å². The van der Waals surface area contributed by atoms with Crippen LogP contribution in [0.5, 0.6) is 0 Å². The smallest absolute Gasteiger partial charge is 0.246 e. The van der Waals surface area contributed by atoms with Gasteiger partial charge in [-0.2, -0.15) is 0 Å². The SMILES string of the molecule is O=C(Cc1ccccc1)NC(CS(=O)(=O)Cc1ccccc1)C(=O)N1CCCC2OCC(=O)C21. The molecule has 0 aliphatic carbocycles. The summed E-state index contributed by atoms with van der Waals surface area (Å²) in [5, 5.41) is 2.64. The van der Waals surface area contributed by atoms with E-state index in [-0.39, 0.29) is 30.7 Å². The molecule has 2 aromatic carbocycles. The molecular formula is C25H28N2O6S. The van der Waals surface area contributed by atoms with Gasteiger partial charge in [0.15, 0.2) is 15.6 Å². The van der Waals surface area contributed by atoms with E-state index in [1.807, 2.05) is 6.07 Å². The number of ether oxygens (including phenoxy) is 1. The normalized spacial score (nSPS) is 21.1. The van der Waals surface area contributed by atoms with Gasteiger partial charge in [0.1, 0.15) is 18.7 Å². The number of hydrogen-bond acceptors (Lipinski definition) is 6. The molecule has 0 spiro atoms. The molecule has 3 atom stereocenters. The van der Waals surface area contributed by atoms with Gasteiger partial charge in [-0.1, -0.05) is 60.7 Å². The number of hydrogen-bond donors (Lipinski definition) is 1. The lowest BCUT2D eigenvalue weighted by atomic mass is 9.97. The molecule has 2 fully saturated rings. The van der Waals surface area contributed by atoms with Crippen LogP contribution in [0.4, 0.5) is 0 Å². The zero-order valence-corrected chi connectivity index (χ0v) is 19.6.